The minimum atomic E-state index is -0.941. The molecule has 0 radical (unpaired) electrons. The van der Waals surface area contributed by atoms with E-state index in [0.717, 1.165) is 17.8 Å². The summed E-state index contributed by atoms with van der Waals surface area (Å²) < 4.78 is 5.68. The normalized spacial score (nSPS) is 16.8. The molecule has 0 atom stereocenters. The summed E-state index contributed by atoms with van der Waals surface area (Å²) >= 11 is 2.00. The highest BCUT2D eigenvalue weighted by molar-refractivity contribution is 7.99. The van der Waals surface area contributed by atoms with Gasteiger partial charge in [-0.05, 0) is 48.5 Å². The fourth-order valence-electron chi connectivity index (χ4n) is 2.39. The van der Waals surface area contributed by atoms with Crippen LogP contribution in [0.4, 0.5) is 0 Å². The second kappa shape index (κ2) is 5.25. The molecule has 0 bridgehead atoms. The number of aromatic nitrogens is 1. The maximum atomic E-state index is 10.9. The highest BCUT2D eigenvalue weighted by Crippen LogP contribution is 2.27. The van der Waals surface area contributed by atoms with Gasteiger partial charge in [0.2, 0.25) is 0 Å². The Kier molecular flexibility index (Phi) is 3.46. The largest absolute Gasteiger partial charge is 0.478 e. The van der Waals surface area contributed by atoms with Crippen LogP contribution in [0.1, 0.15) is 29.1 Å². The Bertz CT molecular complexity index is 602. The second-order valence-corrected chi connectivity index (χ2v) is 6.08. The number of nitrogens with zero attached hydrogens (tertiary/aromatic N) is 1. The summed E-state index contributed by atoms with van der Waals surface area (Å²) in [6.45, 7) is 0. The maximum absolute atomic E-state index is 10.9. The number of carbonyl (C=O) groups is 1. The van der Waals surface area contributed by atoms with Gasteiger partial charge in [0, 0.05) is 6.42 Å². The molecule has 2 aromatic rings. The zero-order valence-corrected chi connectivity index (χ0v) is 11.3. The molecule has 1 fully saturated rings. The van der Waals surface area contributed by atoms with Crippen molar-refractivity contribution in [3.05, 3.63) is 29.7 Å². The van der Waals surface area contributed by atoms with Crippen molar-refractivity contribution in [2.45, 2.75) is 19.3 Å². The Morgan fingerprint density at radius 2 is 2.21 bits per heavy atom. The molecule has 19 heavy (non-hydrogen) atoms. The van der Waals surface area contributed by atoms with E-state index in [1.54, 1.807) is 18.2 Å². The second-order valence-electron chi connectivity index (χ2n) is 4.86. The van der Waals surface area contributed by atoms with Crippen LogP contribution in [-0.2, 0) is 6.42 Å². The van der Waals surface area contributed by atoms with E-state index in [1.165, 1.54) is 24.3 Å². The van der Waals surface area contributed by atoms with E-state index in [4.69, 9.17) is 9.52 Å². The van der Waals surface area contributed by atoms with Gasteiger partial charge in [0.05, 0.1) is 5.56 Å². The van der Waals surface area contributed by atoms with Crippen LogP contribution < -0.4 is 0 Å². The number of carboxylic acids is 1. The number of aromatic carboxylic acids is 1. The summed E-state index contributed by atoms with van der Waals surface area (Å²) in [5.74, 6) is 2.87. The number of carboxylic acid groups (broad SMARTS) is 1. The first-order chi connectivity index (χ1) is 9.22. The summed E-state index contributed by atoms with van der Waals surface area (Å²) in [6, 6.07) is 4.82. The van der Waals surface area contributed by atoms with Crippen molar-refractivity contribution in [3.8, 4) is 0 Å². The lowest BCUT2D eigenvalue weighted by molar-refractivity contribution is 0.0697. The Labute approximate surface area is 115 Å². The van der Waals surface area contributed by atoms with Gasteiger partial charge in [0.15, 0.2) is 11.5 Å². The summed E-state index contributed by atoms with van der Waals surface area (Å²) in [6.07, 6.45) is 3.28. The number of benzene rings is 1. The van der Waals surface area contributed by atoms with Crippen LogP contribution in [0.25, 0.3) is 11.1 Å². The van der Waals surface area contributed by atoms with Gasteiger partial charge in [-0.3, -0.25) is 0 Å². The minimum Gasteiger partial charge on any atom is -0.478 e. The maximum Gasteiger partial charge on any atom is 0.335 e. The molecule has 1 N–H and O–H groups in total. The van der Waals surface area contributed by atoms with Crippen LogP contribution in [0, 0.1) is 5.92 Å². The summed E-state index contributed by atoms with van der Waals surface area (Å²) in [7, 11) is 0. The molecule has 3 rings (SSSR count). The van der Waals surface area contributed by atoms with Crippen LogP contribution >= 0.6 is 11.8 Å². The van der Waals surface area contributed by atoms with Gasteiger partial charge in [-0.15, -0.1) is 0 Å². The molecule has 4 nitrogen and oxygen atoms in total. The molecular formula is C14H15NO3S. The lowest BCUT2D eigenvalue weighted by Gasteiger charge is -2.19. The first kappa shape index (κ1) is 12.5. The van der Waals surface area contributed by atoms with Crippen LogP contribution in [-0.4, -0.2) is 27.6 Å². The van der Waals surface area contributed by atoms with Gasteiger partial charge < -0.3 is 9.52 Å². The third-order valence-electron chi connectivity index (χ3n) is 3.48. The highest BCUT2D eigenvalue weighted by atomic mass is 32.2. The molecule has 0 unspecified atom stereocenters. The first-order valence-corrected chi connectivity index (χ1v) is 7.58. The van der Waals surface area contributed by atoms with E-state index in [0.29, 0.717) is 11.5 Å². The molecule has 0 aliphatic carbocycles. The average Bonchev–Trinajstić information content (AvgIpc) is 2.80. The molecule has 1 aromatic heterocycles. The molecule has 1 aliphatic heterocycles. The van der Waals surface area contributed by atoms with E-state index < -0.39 is 5.97 Å². The number of rotatable bonds is 3. The SMILES string of the molecule is O=C(O)c1ccc2nc(CC3CCSCC3)oc2c1. The van der Waals surface area contributed by atoms with Gasteiger partial charge in [-0.1, -0.05) is 0 Å². The van der Waals surface area contributed by atoms with Crippen LogP contribution in [0.2, 0.25) is 0 Å². The molecule has 0 spiro atoms. The van der Waals surface area contributed by atoms with Crippen molar-refractivity contribution in [2.24, 2.45) is 5.92 Å². The van der Waals surface area contributed by atoms with E-state index in [9.17, 15) is 4.79 Å². The van der Waals surface area contributed by atoms with E-state index in [2.05, 4.69) is 4.98 Å². The zero-order chi connectivity index (χ0) is 13.2. The summed E-state index contributed by atoms with van der Waals surface area (Å²) in [5.41, 5.74) is 1.55. The van der Waals surface area contributed by atoms with Gasteiger partial charge in [0.1, 0.15) is 5.52 Å². The lowest BCUT2D eigenvalue weighted by Crippen LogP contribution is -2.12. The first-order valence-electron chi connectivity index (χ1n) is 6.43. The molecule has 0 saturated carbocycles. The van der Waals surface area contributed by atoms with Gasteiger partial charge in [0.25, 0.3) is 0 Å². The van der Waals surface area contributed by atoms with Crippen LogP contribution in [0.15, 0.2) is 22.6 Å². The number of hydrogen-bond donors (Lipinski definition) is 1. The van der Waals surface area contributed by atoms with Crippen molar-refractivity contribution in [3.63, 3.8) is 0 Å². The number of hydrogen-bond acceptors (Lipinski definition) is 4. The van der Waals surface area contributed by atoms with Crippen molar-refractivity contribution in [1.29, 1.82) is 0 Å². The smallest absolute Gasteiger partial charge is 0.335 e. The molecule has 1 aromatic carbocycles. The lowest BCUT2D eigenvalue weighted by atomic mass is 9.99. The van der Waals surface area contributed by atoms with Gasteiger partial charge in [-0.2, -0.15) is 11.8 Å². The molecule has 0 amide bonds. The van der Waals surface area contributed by atoms with Crippen molar-refractivity contribution in [2.75, 3.05) is 11.5 Å². The predicted octanol–water partition coefficient (Wildman–Crippen LogP) is 3.21. The fraction of sp³-hybridized carbons (Fsp3) is 0.429. The highest BCUT2D eigenvalue weighted by Gasteiger charge is 2.17. The van der Waals surface area contributed by atoms with Crippen molar-refractivity contribution < 1.29 is 14.3 Å². The summed E-state index contributed by atoms with van der Waals surface area (Å²) in [5, 5.41) is 8.95. The van der Waals surface area contributed by atoms with Crippen molar-refractivity contribution >= 4 is 28.8 Å². The number of oxazole rings is 1. The zero-order valence-electron chi connectivity index (χ0n) is 10.5. The Morgan fingerprint density at radius 1 is 1.42 bits per heavy atom. The molecule has 1 aliphatic rings. The Balaban J connectivity index is 1.82. The number of fused-ring (bicyclic) bond motifs is 1. The van der Waals surface area contributed by atoms with E-state index >= 15 is 0 Å². The topological polar surface area (TPSA) is 63.3 Å². The molecular weight excluding hydrogens is 262 g/mol. The predicted molar refractivity (Wildman–Crippen MR) is 74.7 cm³/mol. The van der Waals surface area contributed by atoms with Crippen LogP contribution in [0.5, 0.6) is 0 Å². The minimum absolute atomic E-state index is 0.240. The molecule has 2 heterocycles. The Hall–Kier alpha value is -1.49. The van der Waals surface area contributed by atoms with Crippen LogP contribution in [0.3, 0.4) is 0 Å². The standard InChI is InChI=1S/C14H15NO3S/c16-14(17)10-1-2-11-12(8-10)18-13(15-11)7-9-3-5-19-6-4-9/h1-2,8-9H,3-7H2,(H,16,17). The molecule has 100 valence electrons. The molecule has 5 heteroatoms. The van der Waals surface area contributed by atoms with Crippen molar-refractivity contribution in [1.82, 2.24) is 4.98 Å². The fourth-order valence-corrected chi connectivity index (χ4v) is 3.59. The van der Waals surface area contributed by atoms with Gasteiger partial charge >= 0.3 is 5.97 Å². The monoisotopic (exact) mass is 277 g/mol. The van der Waals surface area contributed by atoms with Gasteiger partial charge in [-0.25, -0.2) is 9.78 Å². The third kappa shape index (κ3) is 2.76. The summed E-state index contributed by atoms with van der Waals surface area (Å²) in [4.78, 5) is 15.3. The van der Waals surface area contributed by atoms with E-state index in [-0.39, 0.29) is 5.56 Å². The number of thioether (sulfide) groups is 1. The molecule has 1 saturated heterocycles. The van der Waals surface area contributed by atoms with E-state index in [1.807, 2.05) is 11.8 Å². The third-order valence-corrected chi connectivity index (χ3v) is 4.53. The average molecular weight is 277 g/mol. The Morgan fingerprint density at radius 3 is 2.95 bits per heavy atom. The quantitative estimate of drug-likeness (QED) is 0.933.